The van der Waals surface area contributed by atoms with Gasteiger partial charge in [0.25, 0.3) is 11.8 Å². The number of amides is 3. The second-order valence-electron chi connectivity index (χ2n) is 12.3. The monoisotopic (exact) mass is 659 g/mol. The molecule has 48 heavy (non-hydrogen) atoms. The molecule has 0 bridgehead atoms. The Bertz CT molecular complexity index is 1800. The maximum atomic E-state index is 16.0. The van der Waals surface area contributed by atoms with E-state index < -0.39 is 23.9 Å². The zero-order chi connectivity index (χ0) is 33.8. The molecule has 13 heteroatoms. The summed E-state index contributed by atoms with van der Waals surface area (Å²) in [5, 5.41) is 11.1. The third-order valence-electron chi connectivity index (χ3n) is 8.82. The van der Waals surface area contributed by atoms with Gasteiger partial charge in [0.2, 0.25) is 5.91 Å². The second-order valence-corrected chi connectivity index (χ2v) is 12.3. The fourth-order valence-electron chi connectivity index (χ4n) is 6.30. The van der Waals surface area contributed by atoms with Gasteiger partial charge in [-0.1, -0.05) is 24.3 Å². The van der Waals surface area contributed by atoms with E-state index in [2.05, 4.69) is 15.6 Å². The predicted octanol–water partition coefficient (Wildman–Crippen LogP) is 4.41. The number of halogens is 2. The fourth-order valence-corrected chi connectivity index (χ4v) is 6.30. The number of allylic oxidation sites excluding steroid dienone is 7. The lowest BCUT2D eigenvalue weighted by atomic mass is 9.92. The van der Waals surface area contributed by atoms with Crippen LogP contribution in [0.5, 0.6) is 0 Å². The van der Waals surface area contributed by atoms with Crippen molar-refractivity contribution in [1.29, 1.82) is 0 Å². The van der Waals surface area contributed by atoms with Crippen molar-refractivity contribution in [2.45, 2.75) is 70.1 Å². The summed E-state index contributed by atoms with van der Waals surface area (Å²) in [5.41, 5.74) is 9.12. The van der Waals surface area contributed by atoms with Crippen LogP contribution in [0.3, 0.4) is 0 Å². The number of nitrogen functional groups attached to an aromatic ring is 1. The number of nitrogens with two attached hydrogens (primary N) is 1. The Balaban J connectivity index is 1.23. The van der Waals surface area contributed by atoms with E-state index in [1.165, 1.54) is 17.1 Å². The zero-order valence-electron chi connectivity index (χ0n) is 26.8. The Morgan fingerprint density at radius 1 is 1.12 bits per heavy atom. The number of nitrogens with zero attached hydrogens (tertiary/aromatic N) is 4. The number of carbonyl (C=O) groups excluding carboxylic acids is 3. The van der Waals surface area contributed by atoms with Gasteiger partial charge < -0.3 is 26.0 Å². The average Bonchev–Trinajstić information content (AvgIpc) is 3.44. The van der Waals surface area contributed by atoms with Crippen LogP contribution in [0.4, 0.5) is 14.6 Å². The molecule has 3 amide bonds. The summed E-state index contributed by atoms with van der Waals surface area (Å²) in [6, 6.07) is -0.140. The molecule has 0 saturated heterocycles. The number of aryl methyl sites for hydroxylation is 1. The Hall–Kier alpha value is -4.91. The van der Waals surface area contributed by atoms with Gasteiger partial charge in [0.15, 0.2) is 0 Å². The molecule has 0 aromatic carbocycles. The van der Waals surface area contributed by atoms with Crippen LogP contribution in [-0.2, 0) is 25.7 Å². The number of ether oxygens (including phenoxy) is 1. The number of hydrogen-bond donors (Lipinski definition) is 3. The molecular weight excluding hydrogens is 620 g/mol. The maximum absolute atomic E-state index is 16.0. The molecule has 0 spiro atoms. The SMILES string of the molecule is C[C@@H]1CCn2nc(C3C=CC(NC(=O)C4=CCCN(C5=CC=C(F)CC5)C4=O)=CC3F)c3c(N)ncc(c32)/C=C/CCOCCC(=O)N1. The topological polar surface area (TPSA) is 144 Å². The lowest BCUT2D eigenvalue weighted by molar-refractivity contribution is -0.129. The molecule has 4 N–H and O–H groups in total. The van der Waals surface area contributed by atoms with Gasteiger partial charge in [-0.15, -0.1) is 0 Å². The Morgan fingerprint density at radius 3 is 2.77 bits per heavy atom. The molecule has 0 fully saturated rings. The zero-order valence-corrected chi connectivity index (χ0v) is 26.8. The minimum absolute atomic E-state index is 0.0452. The van der Waals surface area contributed by atoms with Crippen molar-refractivity contribution in [2.24, 2.45) is 0 Å². The summed E-state index contributed by atoms with van der Waals surface area (Å²) in [5.74, 6) is -2.07. The molecule has 3 atom stereocenters. The first-order valence-electron chi connectivity index (χ1n) is 16.3. The van der Waals surface area contributed by atoms with Gasteiger partial charge in [-0.05, 0) is 56.9 Å². The second kappa shape index (κ2) is 14.5. The predicted molar refractivity (Wildman–Crippen MR) is 177 cm³/mol. The van der Waals surface area contributed by atoms with Gasteiger partial charge >= 0.3 is 0 Å². The summed E-state index contributed by atoms with van der Waals surface area (Å²) in [6.45, 7) is 3.55. The largest absolute Gasteiger partial charge is 0.383 e. The normalized spacial score (nSPS) is 24.8. The fraction of sp³-hybridized carbons (Fsp3) is 0.400. The first-order valence-corrected chi connectivity index (χ1v) is 16.3. The van der Waals surface area contributed by atoms with E-state index in [0.29, 0.717) is 74.3 Å². The first-order chi connectivity index (χ1) is 23.2. The summed E-state index contributed by atoms with van der Waals surface area (Å²) in [7, 11) is 0. The molecule has 2 aromatic heterocycles. The van der Waals surface area contributed by atoms with E-state index in [1.54, 1.807) is 35.2 Å². The van der Waals surface area contributed by atoms with E-state index >= 15 is 4.39 Å². The molecule has 4 heterocycles. The highest BCUT2D eigenvalue weighted by Gasteiger charge is 2.32. The highest BCUT2D eigenvalue weighted by atomic mass is 19.1. The van der Waals surface area contributed by atoms with E-state index in [4.69, 9.17) is 15.6 Å². The number of alkyl halides is 1. The van der Waals surface area contributed by atoms with E-state index in [-0.39, 0.29) is 47.7 Å². The van der Waals surface area contributed by atoms with Gasteiger partial charge in [-0.3, -0.25) is 19.1 Å². The van der Waals surface area contributed by atoms with Gasteiger partial charge in [0.1, 0.15) is 23.4 Å². The van der Waals surface area contributed by atoms with Crippen LogP contribution in [-0.4, -0.2) is 69.4 Å². The van der Waals surface area contributed by atoms with Crippen molar-refractivity contribution >= 4 is 40.5 Å². The maximum Gasteiger partial charge on any atom is 0.263 e. The van der Waals surface area contributed by atoms with E-state index in [9.17, 15) is 18.8 Å². The third kappa shape index (κ3) is 7.15. The molecule has 0 saturated carbocycles. The summed E-state index contributed by atoms with van der Waals surface area (Å²) in [6.07, 6.45) is 15.5. The van der Waals surface area contributed by atoms with Crippen LogP contribution >= 0.6 is 0 Å². The third-order valence-corrected chi connectivity index (χ3v) is 8.82. The van der Waals surface area contributed by atoms with Crippen molar-refractivity contribution in [3.05, 3.63) is 82.8 Å². The highest BCUT2D eigenvalue weighted by Crippen LogP contribution is 2.37. The lowest BCUT2D eigenvalue weighted by Gasteiger charge is -2.30. The Labute approximate surface area is 276 Å². The molecule has 4 aliphatic rings. The molecule has 11 nitrogen and oxygen atoms in total. The van der Waals surface area contributed by atoms with Crippen molar-refractivity contribution in [2.75, 3.05) is 25.5 Å². The van der Waals surface area contributed by atoms with E-state index in [0.717, 1.165) is 5.56 Å². The number of nitrogens with one attached hydrogen (secondary N) is 2. The smallest absolute Gasteiger partial charge is 0.263 e. The van der Waals surface area contributed by atoms with Gasteiger partial charge in [0, 0.05) is 55.1 Å². The molecule has 2 aliphatic carbocycles. The number of hydrogen-bond acceptors (Lipinski definition) is 7. The number of anilines is 1. The molecule has 252 valence electrons. The molecule has 0 radical (unpaired) electrons. The number of pyridine rings is 1. The standard InChI is InChI=1S/C35H39F2N7O4/c1-21-13-16-44-32-22(5-2-3-17-48-18-14-29(45)40-21)20-39-33(38)30(32)31(42-44)26-12-9-24(19-28(26)37)41-34(46)27-6-4-15-43(35(27)47)25-10-7-23(36)8-11-25/h2,5-7,9-10,12,19-21,26,28H,3-4,8,11,13-18H2,1H3,(H2,38,39)(H,40,45)(H,41,46)/b5-2+/t21-,26?,28?/m1/s1. The van der Waals surface area contributed by atoms with Gasteiger partial charge in [0.05, 0.1) is 35.7 Å². The average molecular weight is 660 g/mol. The van der Waals surface area contributed by atoms with Crippen molar-refractivity contribution in [3.63, 3.8) is 0 Å². The highest BCUT2D eigenvalue weighted by molar-refractivity contribution is 6.19. The quantitative estimate of drug-likeness (QED) is 0.413. The molecule has 2 unspecified atom stereocenters. The van der Waals surface area contributed by atoms with Crippen LogP contribution in [0.1, 0.15) is 62.6 Å². The molecular formula is C35H39F2N7O4. The Kier molecular flexibility index (Phi) is 9.95. The minimum Gasteiger partial charge on any atom is -0.383 e. The van der Waals surface area contributed by atoms with Crippen LogP contribution in [0, 0.1) is 0 Å². The van der Waals surface area contributed by atoms with E-state index in [1.807, 2.05) is 19.1 Å². The number of rotatable bonds is 4. The number of carbonyl (C=O) groups is 3. The summed E-state index contributed by atoms with van der Waals surface area (Å²) < 4.78 is 36.9. The molecule has 6 rings (SSSR count). The van der Waals surface area contributed by atoms with Crippen LogP contribution in [0.15, 0.2) is 71.5 Å². The lowest BCUT2D eigenvalue weighted by Crippen LogP contribution is -2.40. The van der Waals surface area contributed by atoms with Crippen LogP contribution < -0.4 is 16.4 Å². The van der Waals surface area contributed by atoms with Gasteiger partial charge in [-0.2, -0.15) is 5.10 Å². The minimum atomic E-state index is -1.58. The summed E-state index contributed by atoms with van der Waals surface area (Å²) in [4.78, 5) is 44.6. The molecule has 2 aromatic rings. The van der Waals surface area contributed by atoms with Crippen LogP contribution in [0.2, 0.25) is 0 Å². The van der Waals surface area contributed by atoms with Crippen molar-refractivity contribution in [3.8, 4) is 0 Å². The van der Waals surface area contributed by atoms with Gasteiger partial charge in [-0.25, -0.2) is 13.8 Å². The van der Waals surface area contributed by atoms with Crippen molar-refractivity contribution < 1.29 is 27.9 Å². The Morgan fingerprint density at radius 2 is 1.98 bits per heavy atom. The molecule has 2 aliphatic heterocycles. The number of aromatic nitrogens is 3. The summed E-state index contributed by atoms with van der Waals surface area (Å²) >= 11 is 0. The van der Waals surface area contributed by atoms with Crippen molar-refractivity contribution in [1.82, 2.24) is 30.3 Å². The van der Waals surface area contributed by atoms with Crippen LogP contribution in [0.25, 0.3) is 17.0 Å². The first kappa shape index (κ1) is 33.0.